The van der Waals surface area contributed by atoms with Crippen molar-refractivity contribution >= 4 is 77.9 Å². The lowest BCUT2D eigenvalue weighted by Crippen LogP contribution is -2.10. The number of furan rings is 2. The Morgan fingerprint density at radius 1 is 0.609 bits per heavy atom. The maximum atomic E-state index is 6.58. The largest absolute Gasteiger partial charge is 0.460 e. The van der Waals surface area contributed by atoms with E-state index in [1.807, 2.05) is 54.6 Å². The second kappa shape index (κ2) is 9.71. The Labute approximate surface area is 263 Å². The molecule has 0 amide bonds. The Bertz CT molecular complexity index is 2660. The predicted molar refractivity (Wildman–Crippen MR) is 186 cm³/mol. The number of benzene rings is 6. The quantitative estimate of drug-likeness (QED) is 0.203. The summed E-state index contributed by atoms with van der Waals surface area (Å²) >= 11 is 0. The molecule has 0 unspecified atom stereocenters. The van der Waals surface area contributed by atoms with Gasteiger partial charge in [0.2, 0.25) is 5.89 Å². The third kappa shape index (κ3) is 3.78. The molecule has 46 heavy (non-hydrogen) atoms. The van der Waals surface area contributed by atoms with E-state index in [0.29, 0.717) is 5.89 Å². The van der Waals surface area contributed by atoms with E-state index in [1.165, 1.54) is 5.56 Å². The molecular weight excluding hydrogens is 568 g/mol. The number of oxazole rings is 1. The molecule has 0 saturated carbocycles. The number of fused-ring (bicyclic) bond motifs is 9. The number of hydrogen-bond donors (Lipinski definition) is 0. The molecule has 1 aliphatic carbocycles. The number of anilines is 3. The molecule has 218 valence electrons. The van der Waals surface area contributed by atoms with Crippen LogP contribution in [0.25, 0.3) is 72.3 Å². The molecule has 0 N–H and O–H groups in total. The number of aromatic nitrogens is 1. The molecular formula is C41H26N2O3. The molecule has 0 fully saturated rings. The highest BCUT2D eigenvalue weighted by atomic mass is 16.3. The van der Waals surface area contributed by atoms with Crippen molar-refractivity contribution in [2.75, 3.05) is 4.90 Å². The summed E-state index contributed by atoms with van der Waals surface area (Å²) in [7, 11) is 0. The third-order valence-electron chi connectivity index (χ3n) is 9.13. The van der Waals surface area contributed by atoms with E-state index in [1.54, 1.807) is 0 Å². The molecule has 0 spiro atoms. The van der Waals surface area contributed by atoms with Gasteiger partial charge in [0.15, 0.2) is 5.58 Å². The summed E-state index contributed by atoms with van der Waals surface area (Å²) in [4.78, 5) is 7.17. The molecule has 3 heterocycles. The molecule has 0 aliphatic heterocycles. The van der Waals surface area contributed by atoms with Crippen LogP contribution in [-0.4, -0.2) is 4.98 Å². The van der Waals surface area contributed by atoms with Crippen molar-refractivity contribution in [2.24, 2.45) is 0 Å². The Hall–Kier alpha value is -6.07. The molecule has 6 aromatic carbocycles. The van der Waals surface area contributed by atoms with E-state index in [2.05, 4.69) is 83.8 Å². The van der Waals surface area contributed by atoms with Crippen molar-refractivity contribution < 1.29 is 13.3 Å². The van der Waals surface area contributed by atoms with Crippen LogP contribution in [0.3, 0.4) is 0 Å². The Morgan fingerprint density at radius 2 is 1.39 bits per heavy atom. The maximum Gasteiger partial charge on any atom is 0.227 e. The average molecular weight is 595 g/mol. The first-order chi connectivity index (χ1) is 22.8. The molecule has 5 heteroatoms. The first-order valence-electron chi connectivity index (χ1n) is 15.6. The Kier molecular flexibility index (Phi) is 5.34. The van der Waals surface area contributed by atoms with E-state index < -0.39 is 0 Å². The van der Waals surface area contributed by atoms with Crippen molar-refractivity contribution in [3.63, 3.8) is 0 Å². The van der Waals surface area contributed by atoms with E-state index >= 15 is 0 Å². The highest BCUT2D eigenvalue weighted by Gasteiger charge is 2.23. The molecule has 10 rings (SSSR count). The number of allylic oxidation sites excluding steroid dienone is 1. The normalized spacial score (nSPS) is 13.0. The summed E-state index contributed by atoms with van der Waals surface area (Å²) < 4.78 is 19.4. The van der Waals surface area contributed by atoms with Crippen LogP contribution < -0.4 is 4.90 Å². The topological polar surface area (TPSA) is 55.6 Å². The monoisotopic (exact) mass is 594 g/mol. The molecule has 0 saturated heterocycles. The van der Waals surface area contributed by atoms with Crippen molar-refractivity contribution in [3.05, 3.63) is 139 Å². The highest BCUT2D eigenvalue weighted by molar-refractivity contribution is 6.13. The van der Waals surface area contributed by atoms with E-state index in [9.17, 15) is 0 Å². The van der Waals surface area contributed by atoms with Crippen LogP contribution in [0, 0.1) is 0 Å². The summed E-state index contributed by atoms with van der Waals surface area (Å²) in [6.07, 6.45) is 6.33. The van der Waals surface area contributed by atoms with Gasteiger partial charge >= 0.3 is 0 Å². The number of nitrogens with zero attached hydrogens (tertiary/aromatic N) is 2. The van der Waals surface area contributed by atoms with Gasteiger partial charge in [-0.05, 0) is 66.4 Å². The number of hydrogen-bond acceptors (Lipinski definition) is 5. The minimum absolute atomic E-state index is 0.601. The van der Waals surface area contributed by atoms with Gasteiger partial charge in [0.25, 0.3) is 0 Å². The highest BCUT2D eigenvalue weighted by Crippen LogP contribution is 2.45. The second-order valence-electron chi connectivity index (χ2n) is 11.8. The van der Waals surface area contributed by atoms with Crippen LogP contribution in [0.2, 0.25) is 0 Å². The zero-order valence-electron chi connectivity index (χ0n) is 24.7. The van der Waals surface area contributed by atoms with Gasteiger partial charge in [-0.15, -0.1) is 0 Å². The average Bonchev–Trinajstić information content (AvgIpc) is 3.82. The van der Waals surface area contributed by atoms with Gasteiger partial charge < -0.3 is 18.2 Å². The van der Waals surface area contributed by atoms with Crippen LogP contribution in [-0.2, 0) is 6.42 Å². The van der Waals surface area contributed by atoms with Gasteiger partial charge in [-0.3, -0.25) is 0 Å². The molecule has 0 atom stereocenters. The van der Waals surface area contributed by atoms with Gasteiger partial charge in [-0.25, -0.2) is 4.98 Å². The number of aryl methyl sites for hydroxylation is 1. The van der Waals surface area contributed by atoms with E-state index in [-0.39, 0.29) is 0 Å². The van der Waals surface area contributed by atoms with Crippen LogP contribution in [0.15, 0.2) is 141 Å². The summed E-state index contributed by atoms with van der Waals surface area (Å²) in [6.45, 7) is 0. The lowest BCUT2D eigenvalue weighted by molar-refractivity contribution is 0.546. The lowest BCUT2D eigenvalue weighted by Gasteiger charge is -2.26. The fourth-order valence-corrected chi connectivity index (χ4v) is 6.99. The minimum Gasteiger partial charge on any atom is -0.460 e. The zero-order valence-corrected chi connectivity index (χ0v) is 24.7. The molecule has 3 aromatic heterocycles. The van der Waals surface area contributed by atoms with Crippen LogP contribution in [0.5, 0.6) is 0 Å². The second-order valence-corrected chi connectivity index (χ2v) is 11.8. The Balaban J connectivity index is 1.24. The van der Waals surface area contributed by atoms with Crippen LogP contribution in [0.4, 0.5) is 17.1 Å². The van der Waals surface area contributed by atoms with Crippen molar-refractivity contribution in [1.82, 2.24) is 4.98 Å². The fraction of sp³-hybridized carbons (Fsp3) is 0.0488. The van der Waals surface area contributed by atoms with Crippen LogP contribution in [0.1, 0.15) is 17.7 Å². The molecule has 1 aliphatic rings. The van der Waals surface area contributed by atoms with Gasteiger partial charge in [0.05, 0.1) is 11.1 Å². The molecule has 0 radical (unpaired) electrons. The van der Waals surface area contributed by atoms with Gasteiger partial charge in [0.1, 0.15) is 28.0 Å². The first-order valence-corrected chi connectivity index (χ1v) is 15.6. The lowest BCUT2D eigenvalue weighted by atomic mass is 10.0. The van der Waals surface area contributed by atoms with Crippen LogP contribution >= 0.6 is 0 Å². The van der Waals surface area contributed by atoms with Gasteiger partial charge in [-0.1, -0.05) is 66.7 Å². The van der Waals surface area contributed by atoms with Crippen molar-refractivity contribution in [3.8, 4) is 11.5 Å². The molecule has 5 nitrogen and oxygen atoms in total. The van der Waals surface area contributed by atoms with Crippen molar-refractivity contribution in [2.45, 2.75) is 12.8 Å². The molecule has 0 bridgehead atoms. The van der Waals surface area contributed by atoms with Gasteiger partial charge in [0, 0.05) is 57.2 Å². The first kappa shape index (κ1) is 25.3. The summed E-state index contributed by atoms with van der Waals surface area (Å²) in [5.74, 6) is 1.65. The SMILES string of the molecule is C1=Cc2c(oc3cc(N(c4ccc5c(c4)oc4ccccc45)c4cccc5ccc6nc(-c7ccccc7)oc6c45)ccc23)CC1. The van der Waals surface area contributed by atoms with Crippen molar-refractivity contribution in [1.29, 1.82) is 0 Å². The third-order valence-corrected chi connectivity index (χ3v) is 9.13. The smallest absolute Gasteiger partial charge is 0.227 e. The fourth-order valence-electron chi connectivity index (χ4n) is 6.99. The zero-order chi connectivity index (χ0) is 30.2. The number of rotatable bonds is 4. The summed E-state index contributed by atoms with van der Waals surface area (Å²) in [5.41, 5.74) is 9.19. The minimum atomic E-state index is 0.601. The van der Waals surface area contributed by atoms with E-state index in [0.717, 1.165) is 96.0 Å². The summed E-state index contributed by atoms with van der Waals surface area (Å²) in [5, 5.41) is 5.37. The molecule has 9 aromatic rings. The predicted octanol–water partition coefficient (Wildman–Crippen LogP) is 11.7. The number of para-hydroxylation sites is 1. The standard InChI is InChI=1S/C41H26N2O3/c1-2-9-26(10-3-1)41-42-33-22-17-25-11-8-14-34(39(25)40(33)46-41)43(27-18-20-31-29-12-4-6-15-35(29)44-37(31)23-27)28-19-21-32-30-13-5-7-16-36(30)45-38(32)24-28/h1-6,8-15,17-24H,7,16H2. The van der Waals surface area contributed by atoms with E-state index in [4.69, 9.17) is 18.2 Å². The van der Waals surface area contributed by atoms with Gasteiger partial charge in [-0.2, -0.15) is 0 Å². The summed E-state index contributed by atoms with van der Waals surface area (Å²) in [6, 6.07) is 41.7. The maximum absolute atomic E-state index is 6.58. The Morgan fingerprint density at radius 3 is 2.28 bits per heavy atom.